The topological polar surface area (TPSA) is 40.6 Å². The summed E-state index contributed by atoms with van der Waals surface area (Å²) >= 11 is 1.85. The highest BCUT2D eigenvalue weighted by Crippen LogP contribution is 2.47. The Labute approximate surface area is 323 Å². The zero-order valence-corrected chi connectivity index (χ0v) is 30.7. The highest BCUT2D eigenvalue weighted by molar-refractivity contribution is 7.26. The summed E-state index contributed by atoms with van der Waals surface area (Å²) in [5.41, 5.74) is 8.89. The quantitative estimate of drug-likeness (QED) is 0.182. The average molecular weight is 732 g/mol. The highest BCUT2D eigenvalue weighted by Gasteiger charge is 2.25. The molecule has 0 N–H and O–H groups in total. The van der Waals surface area contributed by atoms with Crippen molar-refractivity contribution in [3.05, 3.63) is 176 Å². The van der Waals surface area contributed by atoms with Gasteiger partial charge in [-0.05, 0) is 60.7 Å². The van der Waals surface area contributed by atoms with Crippen molar-refractivity contribution in [2.24, 2.45) is 0 Å². The van der Waals surface area contributed by atoms with Gasteiger partial charge in [0.2, 0.25) is 5.95 Å². The molecule has 0 aliphatic rings. The number of thiophene rings is 1. The molecule has 5 heterocycles. The number of benzene rings is 8. The highest BCUT2D eigenvalue weighted by atomic mass is 32.1. The van der Waals surface area contributed by atoms with E-state index in [0.29, 0.717) is 5.95 Å². The van der Waals surface area contributed by atoms with Gasteiger partial charge in [0.15, 0.2) is 5.82 Å². The third kappa shape index (κ3) is 3.93. The number of para-hydroxylation sites is 6. The van der Waals surface area contributed by atoms with Crippen LogP contribution in [0, 0.1) is 0 Å². The van der Waals surface area contributed by atoms with Crippen molar-refractivity contribution >= 4 is 108 Å². The second kappa shape index (κ2) is 11.1. The minimum Gasteiger partial charge on any atom is -0.309 e. The molecule has 13 aromatic rings. The molecule has 0 unspecified atom stereocenters. The zero-order chi connectivity index (χ0) is 36.5. The first kappa shape index (κ1) is 30.1. The van der Waals surface area contributed by atoms with Crippen LogP contribution in [-0.4, -0.2) is 23.7 Å². The van der Waals surface area contributed by atoms with Crippen molar-refractivity contribution in [3.63, 3.8) is 0 Å². The van der Waals surface area contributed by atoms with E-state index < -0.39 is 0 Å². The van der Waals surface area contributed by atoms with Gasteiger partial charge in [0.25, 0.3) is 0 Å². The summed E-state index contributed by atoms with van der Waals surface area (Å²) in [5, 5.41) is 10.7. The molecule has 5 nitrogen and oxygen atoms in total. The summed E-state index contributed by atoms with van der Waals surface area (Å²) in [5.74, 6) is 1.51. The molecule has 0 saturated heterocycles. The van der Waals surface area contributed by atoms with E-state index in [-0.39, 0.29) is 0 Å². The Morgan fingerprint density at radius 2 is 0.786 bits per heavy atom. The van der Waals surface area contributed by atoms with Gasteiger partial charge in [-0.1, -0.05) is 115 Å². The Kier molecular flexibility index (Phi) is 5.98. The van der Waals surface area contributed by atoms with Crippen LogP contribution in [0.1, 0.15) is 0 Å². The van der Waals surface area contributed by atoms with Gasteiger partial charge in [-0.25, -0.2) is 4.98 Å². The van der Waals surface area contributed by atoms with E-state index >= 15 is 0 Å². The third-order valence-electron chi connectivity index (χ3n) is 11.6. The Hall–Kier alpha value is -7.28. The van der Waals surface area contributed by atoms with Crippen molar-refractivity contribution < 1.29 is 0 Å². The summed E-state index contributed by atoms with van der Waals surface area (Å²) < 4.78 is 9.60. The minimum atomic E-state index is 0.648. The molecule has 0 fully saturated rings. The fourth-order valence-electron chi connectivity index (χ4n) is 9.37. The molecule has 0 radical (unpaired) electrons. The predicted octanol–water partition coefficient (Wildman–Crippen LogP) is 13.3. The second-order valence-electron chi connectivity index (χ2n) is 14.5. The van der Waals surface area contributed by atoms with Crippen LogP contribution in [0.5, 0.6) is 0 Å². The van der Waals surface area contributed by atoms with Crippen LogP contribution in [-0.2, 0) is 0 Å². The maximum absolute atomic E-state index is 5.63. The second-order valence-corrected chi connectivity index (χ2v) is 15.6. The minimum absolute atomic E-state index is 0.648. The molecule has 0 spiro atoms. The van der Waals surface area contributed by atoms with Crippen LogP contribution in [0.15, 0.2) is 176 Å². The maximum Gasteiger partial charge on any atom is 0.237 e. The summed E-state index contributed by atoms with van der Waals surface area (Å²) in [6, 6.07) is 63.2. The molecule has 0 amide bonds. The number of rotatable bonds is 3. The van der Waals surface area contributed by atoms with Crippen molar-refractivity contribution in [1.29, 1.82) is 0 Å². The van der Waals surface area contributed by atoms with Crippen LogP contribution in [0.25, 0.3) is 114 Å². The van der Waals surface area contributed by atoms with E-state index in [4.69, 9.17) is 9.97 Å². The Morgan fingerprint density at radius 1 is 0.339 bits per heavy atom. The molecule has 5 aromatic heterocycles. The Balaban J connectivity index is 1.23. The smallest absolute Gasteiger partial charge is 0.237 e. The van der Waals surface area contributed by atoms with Gasteiger partial charge in [0.1, 0.15) is 0 Å². The molecule has 13 rings (SSSR count). The van der Waals surface area contributed by atoms with E-state index in [9.17, 15) is 0 Å². The number of hydrogen-bond acceptors (Lipinski definition) is 3. The molecule has 260 valence electrons. The van der Waals surface area contributed by atoms with Gasteiger partial charge >= 0.3 is 0 Å². The molecule has 0 aliphatic heterocycles. The molecule has 6 heteroatoms. The predicted molar refractivity (Wildman–Crippen MR) is 235 cm³/mol. The van der Waals surface area contributed by atoms with Gasteiger partial charge in [-0.3, -0.25) is 9.13 Å². The summed E-state index contributed by atoms with van der Waals surface area (Å²) in [4.78, 5) is 11.1. The first-order valence-corrected chi connectivity index (χ1v) is 19.8. The Morgan fingerprint density at radius 3 is 1.38 bits per heavy atom. The van der Waals surface area contributed by atoms with Crippen LogP contribution in [0.2, 0.25) is 0 Å². The fourth-order valence-corrected chi connectivity index (χ4v) is 10.5. The first-order chi connectivity index (χ1) is 27.8. The van der Waals surface area contributed by atoms with E-state index in [0.717, 1.165) is 44.5 Å². The lowest BCUT2D eigenvalue weighted by atomic mass is 10.0. The zero-order valence-electron chi connectivity index (χ0n) is 29.9. The maximum atomic E-state index is 5.63. The van der Waals surface area contributed by atoms with E-state index in [1.807, 2.05) is 11.3 Å². The summed E-state index contributed by atoms with van der Waals surface area (Å²) in [6.07, 6.45) is 0. The number of fused-ring (bicyclic) bond motifs is 15. The van der Waals surface area contributed by atoms with E-state index in [1.165, 1.54) is 63.5 Å². The van der Waals surface area contributed by atoms with Gasteiger partial charge in [-0.2, -0.15) is 4.98 Å². The fraction of sp³-hybridized carbons (Fsp3) is 0. The lowest BCUT2D eigenvalue weighted by molar-refractivity contribution is 0.974. The van der Waals surface area contributed by atoms with Crippen molar-refractivity contribution in [2.45, 2.75) is 0 Å². The lowest BCUT2D eigenvalue weighted by Gasteiger charge is -2.14. The van der Waals surface area contributed by atoms with Crippen molar-refractivity contribution in [3.8, 4) is 17.5 Å². The normalized spacial score (nSPS) is 12.3. The SMILES string of the molecule is c1ccc(-n2c3ccccc3c3ccc4sc5ccc6c7ccccc7n(-c7nc(-n8c9ccccc9c9ccccc98)c8ccccc8n7)c6c5c4c32)cc1. The molecule has 0 saturated carbocycles. The number of aromatic nitrogens is 5. The van der Waals surface area contributed by atoms with Crippen molar-refractivity contribution in [1.82, 2.24) is 23.7 Å². The van der Waals surface area contributed by atoms with Crippen molar-refractivity contribution in [2.75, 3.05) is 0 Å². The van der Waals surface area contributed by atoms with E-state index in [1.54, 1.807) is 0 Å². The van der Waals surface area contributed by atoms with Crippen LogP contribution in [0.4, 0.5) is 0 Å². The number of hydrogen-bond donors (Lipinski definition) is 0. The number of nitrogens with zero attached hydrogens (tertiary/aromatic N) is 5. The van der Waals surface area contributed by atoms with Gasteiger partial charge in [0.05, 0.1) is 38.6 Å². The molecule has 8 aromatic carbocycles. The van der Waals surface area contributed by atoms with Crippen LogP contribution in [0.3, 0.4) is 0 Å². The summed E-state index contributed by atoms with van der Waals surface area (Å²) in [6.45, 7) is 0. The molecule has 0 atom stereocenters. The molecular weight excluding hydrogens is 703 g/mol. The van der Waals surface area contributed by atoms with Gasteiger partial charge in [0, 0.05) is 63.6 Å². The van der Waals surface area contributed by atoms with Crippen LogP contribution >= 0.6 is 11.3 Å². The average Bonchev–Trinajstić information content (AvgIpc) is 4.00. The van der Waals surface area contributed by atoms with E-state index in [2.05, 4.69) is 190 Å². The molecule has 0 aliphatic carbocycles. The standard InChI is InChI=1S/C50H29N5S/c1-2-14-30(15-3-1)53-39-22-10-7-18-33(39)35-26-28-43-45(47(35)53)46-44(56-43)29-27-36-34-19-8-13-25-42(34)55(48(36)46)50-51-38-21-9-4-20-37(38)49(52-50)54-40-23-11-5-16-31(40)32-17-6-12-24-41(32)54/h1-29H. The molecule has 0 bridgehead atoms. The van der Waals surface area contributed by atoms with Gasteiger partial charge in [-0.15, -0.1) is 11.3 Å². The summed E-state index contributed by atoms with van der Waals surface area (Å²) in [7, 11) is 0. The molecular formula is C50H29N5S. The monoisotopic (exact) mass is 731 g/mol. The van der Waals surface area contributed by atoms with Crippen LogP contribution < -0.4 is 0 Å². The molecule has 56 heavy (non-hydrogen) atoms. The first-order valence-electron chi connectivity index (χ1n) is 18.9. The Bertz CT molecular complexity index is 3720. The lowest BCUT2D eigenvalue weighted by Crippen LogP contribution is -2.07. The largest absolute Gasteiger partial charge is 0.309 e. The van der Waals surface area contributed by atoms with Gasteiger partial charge < -0.3 is 4.57 Å². The third-order valence-corrected chi connectivity index (χ3v) is 12.8.